The summed E-state index contributed by atoms with van der Waals surface area (Å²) in [6.45, 7) is 4.57. The van der Waals surface area contributed by atoms with Gasteiger partial charge in [-0.15, -0.1) is 24.8 Å². The van der Waals surface area contributed by atoms with Gasteiger partial charge in [0.25, 0.3) is 0 Å². The second-order valence-electron chi connectivity index (χ2n) is 2.85. The largest absolute Gasteiger partial charge is 0.147 e. The summed E-state index contributed by atoms with van der Waals surface area (Å²) in [5.74, 6) is 0.785. The van der Waals surface area contributed by atoms with Crippen molar-refractivity contribution in [1.82, 2.24) is 0 Å². The Kier molecular flexibility index (Phi) is 9.45. The van der Waals surface area contributed by atoms with Gasteiger partial charge in [0.2, 0.25) is 0 Å². The first kappa shape index (κ1) is 15.4. The number of hydrogen-bond donors (Lipinski definition) is 0. The van der Waals surface area contributed by atoms with Crippen LogP contribution in [0.4, 0.5) is 0 Å². The van der Waals surface area contributed by atoms with Crippen LogP contribution in [0, 0.1) is 5.92 Å². The van der Waals surface area contributed by atoms with E-state index in [4.69, 9.17) is 0 Å². The maximum atomic E-state index is 2.31. The van der Waals surface area contributed by atoms with Crippen LogP contribution in [-0.4, -0.2) is 0 Å². The molecule has 1 rings (SSSR count). The molecule has 1 unspecified atom stereocenters. The van der Waals surface area contributed by atoms with E-state index >= 15 is 0 Å². The number of halogens is 2. The van der Waals surface area contributed by atoms with Gasteiger partial charge in [-0.3, -0.25) is 0 Å². The van der Waals surface area contributed by atoms with E-state index in [9.17, 15) is 0 Å². The van der Waals surface area contributed by atoms with Gasteiger partial charge in [0, 0.05) is 0 Å². The molecule has 1 atom stereocenters. The van der Waals surface area contributed by atoms with Crippen LogP contribution in [0.2, 0.25) is 0 Å². The van der Waals surface area contributed by atoms with Gasteiger partial charge in [-0.2, -0.15) is 0 Å². The molecule has 0 radical (unpaired) electrons. The monoisotopic (exact) mass is 283 g/mol. The fourth-order valence-electron chi connectivity index (χ4n) is 1.20. The molecule has 0 spiro atoms. The van der Waals surface area contributed by atoms with Crippen LogP contribution < -0.4 is 0 Å². The van der Waals surface area contributed by atoms with Gasteiger partial charge in [-0.05, 0) is 0 Å². The smallest absolute Gasteiger partial charge is 0.147 e. The normalized spacial score (nSPS) is 16.8. The minimum Gasteiger partial charge on any atom is -0.147 e. The third kappa shape index (κ3) is 3.77. The van der Waals surface area contributed by atoms with Crippen LogP contribution in [0.3, 0.4) is 0 Å². The first-order valence-corrected chi connectivity index (χ1v) is 5.09. The molecular weight excluding hydrogens is 270 g/mol. The Hall–Kier alpha value is 0.943. The zero-order chi connectivity index (χ0) is 7.56. The first-order chi connectivity index (χ1) is 4.75. The SMILES string of the molecule is CCC(C)C1=[C]([Zr])CC=C1.Cl.Cl. The van der Waals surface area contributed by atoms with E-state index in [1.165, 1.54) is 12.8 Å². The molecule has 69 valence electrons. The van der Waals surface area contributed by atoms with Crippen molar-refractivity contribution in [3.05, 3.63) is 21.0 Å². The molecule has 0 aromatic heterocycles. The summed E-state index contributed by atoms with van der Waals surface area (Å²) < 4.78 is 1.65. The van der Waals surface area contributed by atoms with E-state index in [0.29, 0.717) is 0 Å². The van der Waals surface area contributed by atoms with E-state index in [2.05, 4.69) is 26.0 Å². The van der Waals surface area contributed by atoms with Gasteiger partial charge in [-0.25, -0.2) is 0 Å². The Bertz CT molecular complexity index is 185. The quantitative estimate of drug-likeness (QED) is 0.726. The molecule has 0 bridgehead atoms. The Labute approximate surface area is 103 Å². The van der Waals surface area contributed by atoms with Gasteiger partial charge in [-0.1, -0.05) is 0 Å². The molecule has 1 aliphatic rings. The van der Waals surface area contributed by atoms with E-state index in [1.54, 1.807) is 33.6 Å². The van der Waals surface area contributed by atoms with Gasteiger partial charge in [0.15, 0.2) is 0 Å². The zero-order valence-electron chi connectivity index (χ0n) is 7.46. The van der Waals surface area contributed by atoms with Crippen LogP contribution in [0.15, 0.2) is 21.0 Å². The van der Waals surface area contributed by atoms with Crippen molar-refractivity contribution in [3.63, 3.8) is 0 Å². The second-order valence-corrected chi connectivity index (χ2v) is 4.33. The maximum Gasteiger partial charge on any atom is -0.147 e. The fraction of sp³-hybridized carbons (Fsp3) is 0.556. The topological polar surface area (TPSA) is 0 Å². The van der Waals surface area contributed by atoms with Crippen molar-refractivity contribution >= 4 is 24.8 Å². The summed E-state index contributed by atoms with van der Waals surface area (Å²) in [5.41, 5.74) is 1.61. The summed E-state index contributed by atoms with van der Waals surface area (Å²) in [5, 5.41) is 0. The van der Waals surface area contributed by atoms with Crippen molar-refractivity contribution in [3.8, 4) is 0 Å². The van der Waals surface area contributed by atoms with Crippen LogP contribution in [0.5, 0.6) is 0 Å². The Morgan fingerprint density at radius 2 is 2.08 bits per heavy atom. The van der Waals surface area contributed by atoms with Crippen molar-refractivity contribution < 1.29 is 24.7 Å². The molecule has 0 aliphatic heterocycles. The Morgan fingerprint density at radius 3 is 2.42 bits per heavy atom. The standard InChI is InChI=1S/C9H13.2ClH.Zr/c1-3-8(2)9-6-4-5-7-9;;;/h4,6,8H,3,5H2,1-2H3;2*1H;. The minimum atomic E-state index is 0. The molecule has 0 heterocycles. The average molecular weight is 285 g/mol. The molecule has 0 aromatic carbocycles. The second kappa shape index (κ2) is 7.36. The third-order valence-electron chi connectivity index (χ3n) is 2.11. The third-order valence-corrected chi connectivity index (χ3v) is 3.32. The van der Waals surface area contributed by atoms with Crippen LogP contribution in [0.1, 0.15) is 26.7 Å². The Morgan fingerprint density at radius 1 is 1.50 bits per heavy atom. The van der Waals surface area contributed by atoms with Crippen LogP contribution in [-0.2, 0) is 24.7 Å². The van der Waals surface area contributed by atoms with Crippen LogP contribution in [0.25, 0.3) is 0 Å². The molecule has 12 heavy (non-hydrogen) atoms. The molecule has 0 saturated heterocycles. The van der Waals surface area contributed by atoms with Crippen molar-refractivity contribution in [2.45, 2.75) is 26.7 Å². The van der Waals surface area contributed by atoms with Crippen molar-refractivity contribution in [2.24, 2.45) is 5.92 Å². The number of rotatable bonds is 2. The fourth-order valence-corrected chi connectivity index (χ4v) is 2.30. The number of hydrogen-bond acceptors (Lipinski definition) is 0. The van der Waals surface area contributed by atoms with Crippen molar-refractivity contribution in [1.29, 1.82) is 0 Å². The molecule has 0 nitrogen and oxygen atoms in total. The Balaban J connectivity index is 0. The van der Waals surface area contributed by atoms with E-state index in [-0.39, 0.29) is 24.8 Å². The van der Waals surface area contributed by atoms with E-state index in [0.717, 1.165) is 5.92 Å². The van der Waals surface area contributed by atoms with Gasteiger partial charge in [0.05, 0.1) is 0 Å². The molecule has 0 amide bonds. The van der Waals surface area contributed by atoms with Crippen molar-refractivity contribution in [2.75, 3.05) is 0 Å². The summed E-state index contributed by atoms with van der Waals surface area (Å²) in [6.07, 6.45) is 7.08. The zero-order valence-corrected chi connectivity index (χ0v) is 11.6. The van der Waals surface area contributed by atoms with Gasteiger partial charge < -0.3 is 0 Å². The van der Waals surface area contributed by atoms with E-state index < -0.39 is 0 Å². The number of allylic oxidation sites excluding steroid dienone is 4. The predicted molar refractivity (Wildman–Crippen MR) is 54.7 cm³/mol. The van der Waals surface area contributed by atoms with Crippen LogP contribution >= 0.6 is 24.8 Å². The summed E-state index contributed by atoms with van der Waals surface area (Å²) in [7, 11) is 0. The van der Waals surface area contributed by atoms with Gasteiger partial charge >= 0.3 is 78.3 Å². The molecule has 1 aliphatic carbocycles. The molecular formula is C9H15Cl2Zr. The minimum absolute atomic E-state index is 0. The molecule has 0 N–H and O–H groups in total. The summed E-state index contributed by atoms with van der Waals surface area (Å²) in [6, 6.07) is 0. The summed E-state index contributed by atoms with van der Waals surface area (Å²) >= 11 is 1.60. The average Bonchev–Trinajstić information content (AvgIpc) is 2.34. The first-order valence-electron chi connectivity index (χ1n) is 3.87. The molecule has 0 fully saturated rings. The molecule has 0 aromatic rings. The maximum absolute atomic E-state index is 2.31. The van der Waals surface area contributed by atoms with Gasteiger partial charge in [0.1, 0.15) is 0 Å². The predicted octanol–water partition coefficient (Wildman–Crippen LogP) is 3.64. The molecule has 0 saturated carbocycles. The molecule has 3 heteroatoms. The summed E-state index contributed by atoms with van der Waals surface area (Å²) in [4.78, 5) is 0. The van der Waals surface area contributed by atoms with E-state index in [1.807, 2.05) is 0 Å².